The largest absolute Gasteiger partial charge is 0.369 e. The second kappa shape index (κ2) is 13.6. The quantitative estimate of drug-likeness (QED) is 0.688. The summed E-state index contributed by atoms with van der Waals surface area (Å²) < 4.78 is 13.0. The number of halogens is 4. The van der Waals surface area contributed by atoms with Gasteiger partial charge in [-0.1, -0.05) is 30.3 Å². The monoisotopic (exact) mass is 464 g/mol. The van der Waals surface area contributed by atoms with Crippen molar-refractivity contribution in [3.8, 4) is 0 Å². The molecule has 0 aromatic heterocycles. The first-order valence-electron chi connectivity index (χ1n) is 8.94. The molecular formula is C20H28Cl3FN4O. The van der Waals surface area contributed by atoms with Gasteiger partial charge in [0.25, 0.3) is 0 Å². The number of piperazine rings is 1. The third-order valence-corrected chi connectivity index (χ3v) is 4.73. The number of amides is 1. The Kier molecular flexibility index (Phi) is 12.9. The topological polar surface area (TPSA) is 61.6 Å². The van der Waals surface area contributed by atoms with Gasteiger partial charge in [-0.05, 0) is 29.8 Å². The number of carbonyl (C=O) groups is 1. The summed E-state index contributed by atoms with van der Waals surface area (Å²) in [6, 6.07) is 15.4. The number of nitrogens with zero attached hydrogens (tertiary/aromatic N) is 2. The summed E-state index contributed by atoms with van der Waals surface area (Å²) in [7, 11) is 0. The van der Waals surface area contributed by atoms with Gasteiger partial charge in [-0.3, -0.25) is 9.69 Å². The molecule has 1 atom stereocenters. The molecule has 0 bridgehead atoms. The zero-order valence-electron chi connectivity index (χ0n) is 16.0. The van der Waals surface area contributed by atoms with Gasteiger partial charge in [0.1, 0.15) is 11.9 Å². The lowest BCUT2D eigenvalue weighted by Crippen LogP contribution is -2.49. The number of benzene rings is 2. The zero-order valence-corrected chi connectivity index (χ0v) is 18.4. The molecule has 9 heteroatoms. The summed E-state index contributed by atoms with van der Waals surface area (Å²) in [4.78, 5) is 16.7. The molecule has 0 saturated carbocycles. The van der Waals surface area contributed by atoms with Gasteiger partial charge >= 0.3 is 0 Å². The lowest BCUT2D eigenvalue weighted by atomic mass is 10.1. The number of hydrogen-bond acceptors (Lipinski definition) is 4. The van der Waals surface area contributed by atoms with Crippen molar-refractivity contribution in [3.05, 3.63) is 66.0 Å². The first-order valence-corrected chi connectivity index (χ1v) is 8.94. The van der Waals surface area contributed by atoms with Crippen LogP contribution in [-0.4, -0.2) is 50.1 Å². The van der Waals surface area contributed by atoms with Crippen LogP contribution >= 0.6 is 37.2 Å². The fourth-order valence-corrected chi connectivity index (χ4v) is 3.14. The molecule has 3 N–H and O–H groups in total. The van der Waals surface area contributed by atoms with Gasteiger partial charge in [0.2, 0.25) is 5.91 Å². The van der Waals surface area contributed by atoms with Gasteiger partial charge in [0.05, 0.1) is 0 Å². The number of carbonyl (C=O) groups excluding carboxylic acids is 1. The number of hydrogen-bond donors (Lipinski definition) is 2. The molecule has 2 aromatic rings. The molecule has 0 radical (unpaired) electrons. The van der Waals surface area contributed by atoms with Crippen molar-refractivity contribution in [1.82, 2.24) is 10.2 Å². The minimum absolute atomic E-state index is 0. The Balaban J connectivity index is 0.00000261. The van der Waals surface area contributed by atoms with Crippen molar-refractivity contribution in [2.75, 3.05) is 44.2 Å². The van der Waals surface area contributed by atoms with Crippen LogP contribution in [0.2, 0.25) is 0 Å². The Morgan fingerprint density at radius 3 is 2.14 bits per heavy atom. The molecule has 1 amide bonds. The fourth-order valence-electron chi connectivity index (χ4n) is 3.14. The van der Waals surface area contributed by atoms with Crippen LogP contribution in [0.5, 0.6) is 0 Å². The average molecular weight is 466 g/mol. The van der Waals surface area contributed by atoms with Gasteiger partial charge in [-0.2, -0.15) is 0 Å². The van der Waals surface area contributed by atoms with Crippen molar-refractivity contribution < 1.29 is 9.18 Å². The summed E-state index contributed by atoms with van der Waals surface area (Å²) >= 11 is 0. The van der Waals surface area contributed by atoms with Gasteiger partial charge < -0.3 is 16.0 Å². The van der Waals surface area contributed by atoms with Crippen LogP contribution < -0.4 is 16.0 Å². The summed E-state index contributed by atoms with van der Waals surface area (Å²) in [5, 5.41) is 2.92. The number of rotatable bonds is 6. The van der Waals surface area contributed by atoms with E-state index in [0.29, 0.717) is 6.54 Å². The smallest absolute Gasteiger partial charge is 0.241 e. The minimum Gasteiger partial charge on any atom is -0.369 e. The molecule has 1 aliphatic rings. The van der Waals surface area contributed by atoms with E-state index in [4.69, 9.17) is 5.73 Å². The second-order valence-corrected chi connectivity index (χ2v) is 6.48. The Bertz CT molecular complexity index is 713. The molecule has 2 aromatic carbocycles. The zero-order chi connectivity index (χ0) is 18.4. The maximum atomic E-state index is 13.0. The standard InChI is InChI=1S/C20H25FN4O.3ClH/c21-17-6-8-18(9-7-17)25-14-12-24(13-15-25)11-10-23-20(26)19(22)16-4-2-1-3-5-16;;;/h1-9,19H,10-15,22H2,(H,23,26);3*1H. The van der Waals surface area contributed by atoms with Crippen LogP contribution in [-0.2, 0) is 4.79 Å². The SMILES string of the molecule is Cl.Cl.Cl.NC(C(=O)NCCN1CCN(c2ccc(F)cc2)CC1)c1ccccc1. The number of nitrogens with two attached hydrogens (primary N) is 1. The molecule has 0 spiro atoms. The van der Waals surface area contributed by atoms with Crippen LogP contribution in [0, 0.1) is 5.82 Å². The van der Waals surface area contributed by atoms with Gasteiger partial charge in [-0.25, -0.2) is 4.39 Å². The predicted octanol–water partition coefficient (Wildman–Crippen LogP) is 3.03. The molecule has 5 nitrogen and oxygen atoms in total. The highest BCUT2D eigenvalue weighted by Gasteiger charge is 2.18. The molecule has 1 unspecified atom stereocenters. The van der Waals surface area contributed by atoms with E-state index >= 15 is 0 Å². The molecule has 1 saturated heterocycles. The summed E-state index contributed by atoms with van der Waals surface area (Å²) in [6.07, 6.45) is 0. The highest BCUT2D eigenvalue weighted by atomic mass is 35.5. The van der Waals surface area contributed by atoms with Gasteiger partial charge in [-0.15, -0.1) is 37.2 Å². The van der Waals surface area contributed by atoms with Crippen LogP contribution in [0.25, 0.3) is 0 Å². The first kappa shape index (κ1) is 27.4. The van der Waals surface area contributed by atoms with E-state index in [1.807, 2.05) is 42.5 Å². The van der Waals surface area contributed by atoms with Crippen LogP contribution in [0.4, 0.5) is 10.1 Å². The molecule has 3 rings (SSSR count). The van der Waals surface area contributed by atoms with Crippen LogP contribution in [0.3, 0.4) is 0 Å². The van der Waals surface area contributed by atoms with Gasteiger partial charge in [0.15, 0.2) is 0 Å². The molecule has 1 aliphatic heterocycles. The van der Waals surface area contributed by atoms with Crippen molar-refractivity contribution in [2.45, 2.75) is 6.04 Å². The molecule has 29 heavy (non-hydrogen) atoms. The van der Waals surface area contributed by atoms with Crippen molar-refractivity contribution in [1.29, 1.82) is 0 Å². The van der Waals surface area contributed by atoms with Gasteiger partial charge in [0, 0.05) is 45.0 Å². The molecule has 1 fully saturated rings. The van der Waals surface area contributed by atoms with E-state index in [9.17, 15) is 9.18 Å². The highest BCUT2D eigenvalue weighted by Crippen LogP contribution is 2.16. The Hall–Kier alpha value is -1.57. The second-order valence-electron chi connectivity index (χ2n) is 6.48. The third kappa shape index (κ3) is 7.99. The van der Waals surface area contributed by atoms with E-state index in [2.05, 4.69) is 15.1 Å². The molecule has 162 valence electrons. The fraction of sp³-hybridized carbons (Fsp3) is 0.350. The van der Waals surface area contributed by atoms with Crippen molar-refractivity contribution >= 4 is 48.8 Å². The average Bonchev–Trinajstić information content (AvgIpc) is 2.69. The molecular weight excluding hydrogens is 438 g/mol. The number of anilines is 1. The maximum Gasteiger partial charge on any atom is 0.241 e. The van der Waals surface area contributed by atoms with Crippen molar-refractivity contribution in [2.24, 2.45) is 5.73 Å². The van der Waals surface area contributed by atoms with Crippen LogP contribution in [0.15, 0.2) is 54.6 Å². The minimum atomic E-state index is -0.633. The summed E-state index contributed by atoms with van der Waals surface area (Å²) in [5.74, 6) is -0.363. The van der Waals surface area contributed by atoms with Crippen LogP contribution in [0.1, 0.15) is 11.6 Å². The highest BCUT2D eigenvalue weighted by molar-refractivity contribution is 5.86. The van der Waals surface area contributed by atoms with E-state index < -0.39 is 6.04 Å². The Morgan fingerprint density at radius 1 is 0.966 bits per heavy atom. The predicted molar refractivity (Wildman–Crippen MR) is 123 cm³/mol. The Morgan fingerprint density at radius 2 is 1.55 bits per heavy atom. The lowest BCUT2D eigenvalue weighted by molar-refractivity contribution is -0.122. The summed E-state index contributed by atoms with van der Waals surface area (Å²) in [6.45, 7) is 4.99. The molecule has 0 aliphatic carbocycles. The summed E-state index contributed by atoms with van der Waals surface area (Å²) in [5.41, 5.74) is 7.86. The van der Waals surface area contributed by atoms with E-state index in [1.165, 1.54) is 12.1 Å². The third-order valence-electron chi connectivity index (χ3n) is 4.73. The van der Waals surface area contributed by atoms with E-state index in [0.717, 1.165) is 44.0 Å². The van der Waals surface area contributed by atoms with Crippen molar-refractivity contribution in [3.63, 3.8) is 0 Å². The van der Waals surface area contributed by atoms with E-state index in [1.54, 1.807) is 0 Å². The lowest BCUT2D eigenvalue weighted by Gasteiger charge is -2.36. The first-order chi connectivity index (χ1) is 12.6. The maximum absolute atomic E-state index is 13.0. The molecule has 1 heterocycles. The number of nitrogens with one attached hydrogen (secondary N) is 1. The van der Waals surface area contributed by atoms with E-state index in [-0.39, 0.29) is 48.9 Å². The normalized spacial score (nSPS) is 14.6. The Labute approximate surface area is 190 Å².